The molecule has 0 aromatic rings. The standard InChI is InChI=1S/C10H17F2N3O3S/c11-10(12)2-1-8(7-10)9(16)14-3-5-15(6-4-14)19(13,17)18/h8H,1-7H2,(H2,13,17,18). The summed E-state index contributed by atoms with van der Waals surface area (Å²) in [5, 5.41) is 4.98. The zero-order chi connectivity index (χ0) is 14.3. The Morgan fingerprint density at radius 3 is 2.21 bits per heavy atom. The van der Waals surface area contributed by atoms with E-state index < -0.39 is 28.5 Å². The Hall–Kier alpha value is -0.800. The average molecular weight is 297 g/mol. The number of halogens is 2. The Kier molecular flexibility index (Phi) is 3.80. The third kappa shape index (κ3) is 3.40. The number of amides is 1. The first-order valence-electron chi connectivity index (χ1n) is 6.13. The van der Waals surface area contributed by atoms with Crippen LogP contribution in [-0.4, -0.2) is 55.6 Å². The summed E-state index contributed by atoms with van der Waals surface area (Å²) in [4.78, 5) is 13.5. The van der Waals surface area contributed by atoms with E-state index in [1.54, 1.807) is 0 Å². The molecule has 0 aromatic carbocycles. The van der Waals surface area contributed by atoms with Crippen LogP contribution in [-0.2, 0) is 15.0 Å². The molecule has 0 bridgehead atoms. The highest BCUT2D eigenvalue weighted by Gasteiger charge is 2.44. The summed E-state index contributed by atoms with van der Waals surface area (Å²) in [6.07, 6.45) is -0.455. The average Bonchev–Trinajstić information content (AvgIpc) is 2.68. The van der Waals surface area contributed by atoms with Crippen molar-refractivity contribution in [3.63, 3.8) is 0 Å². The Morgan fingerprint density at radius 1 is 1.21 bits per heavy atom. The zero-order valence-corrected chi connectivity index (χ0v) is 11.2. The zero-order valence-electron chi connectivity index (χ0n) is 10.4. The lowest BCUT2D eigenvalue weighted by atomic mass is 10.1. The summed E-state index contributed by atoms with van der Waals surface area (Å²) < 4.78 is 49.4. The van der Waals surface area contributed by atoms with Crippen molar-refractivity contribution in [1.82, 2.24) is 9.21 Å². The first-order valence-corrected chi connectivity index (χ1v) is 7.64. The van der Waals surface area contributed by atoms with Crippen LogP contribution in [0.5, 0.6) is 0 Å². The molecule has 110 valence electrons. The number of nitrogens with zero attached hydrogens (tertiary/aromatic N) is 2. The second-order valence-corrected chi connectivity index (χ2v) is 6.61. The highest BCUT2D eigenvalue weighted by atomic mass is 32.2. The summed E-state index contributed by atoms with van der Waals surface area (Å²) in [6, 6.07) is 0. The highest BCUT2D eigenvalue weighted by molar-refractivity contribution is 7.86. The Labute approximate surface area is 110 Å². The smallest absolute Gasteiger partial charge is 0.277 e. The second kappa shape index (κ2) is 4.95. The van der Waals surface area contributed by atoms with Gasteiger partial charge in [0.15, 0.2) is 0 Å². The fourth-order valence-corrected chi connectivity index (χ4v) is 3.25. The van der Waals surface area contributed by atoms with Crippen LogP contribution in [0.25, 0.3) is 0 Å². The Bertz CT molecular complexity index is 461. The minimum Gasteiger partial charge on any atom is -0.340 e. The van der Waals surface area contributed by atoms with Gasteiger partial charge in [0.1, 0.15) is 0 Å². The molecule has 0 spiro atoms. The van der Waals surface area contributed by atoms with E-state index in [2.05, 4.69) is 0 Å². The Morgan fingerprint density at radius 2 is 1.79 bits per heavy atom. The maximum Gasteiger partial charge on any atom is 0.277 e. The van der Waals surface area contributed by atoms with E-state index in [9.17, 15) is 22.0 Å². The topological polar surface area (TPSA) is 83.7 Å². The molecule has 1 aliphatic heterocycles. The van der Waals surface area contributed by atoms with E-state index in [-0.39, 0.29) is 44.9 Å². The van der Waals surface area contributed by atoms with Crippen LogP contribution in [0, 0.1) is 5.92 Å². The van der Waals surface area contributed by atoms with Gasteiger partial charge in [0.05, 0.1) is 0 Å². The van der Waals surface area contributed by atoms with E-state index in [1.165, 1.54) is 4.90 Å². The molecule has 2 N–H and O–H groups in total. The van der Waals surface area contributed by atoms with Crippen LogP contribution in [0.3, 0.4) is 0 Å². The van der Waals surface area contributed by atoms with Gasteiger partial charge in [0.2, 0.25) is 11.8 Å². The number of hydrogen-bond donors (Lipinski definition) is 1. The molecule has 1 heterocycles. The van der Waals surface area contributed by atoms with Gasteiger partial charge in [0, 0.05) is 44.9 Å². The third-order valence-electron chi connectivity index (χ3n) is 3.66. The maximum atomic E-state index is 13.1. The molecule has 1 atom stereocenters. The quantitative estimate of drug-likeness (QED) is 0.764. The van der Waals surface area contributed by atoms with Crippen molar-refractivity contribution in [3.05, 3.63) is 0 Å². The first kappa shape index (κ1) is 14.6. The maximum absolute atomic E-state index is 13.1. The predicted octanol–water partition coefficient (Wildman–Crippen LogP) is -0.230. The van der Waals surface area contributed by atoms with Crippen molar-refractivity contribution in [1.29, 1.82) is 0 Å². The van der Waals surface area contributed by atoms with E-state index >= 15 is 0 Å². The van der Waals surface area contributed by atoms with Gasteiger partial charge < -0.3 is 4.90 Å². The molecule has 1 saturated carbocycles. The SMILES string of the molecule is NS(=O)(=O)N1CCN(C(=O)C2CCC(F)(F)C2)CC1. The van der Waals surface area contributed by atoms with Gasteiger partial charge in [-0.05, 0) is 6.42 Å². The van der Waals surface area contributed by atoms with Crippen LogP contribution < -0.4 is 5.14 Å². The summed E-state index contributed by atoms with van der Waals surface area (Å²) in [5.74, 6) is -3.69. The molecule has 1 unspecified atom stereocenters. The summed E-state index contributed by atoms with van der Waals surface area (Å²) in [5.41, 5.74) is 0. The van der Waals surface area contributed by atoms with Crippen LogP contribution in [0.4, 0.5) is 8.78 Å². The predicted molar refractivity (Wildman–Crippen MR) is 63.5 cm³/mol. The van der Waals surface area contributed by atoms with Crippen LogP contribution in [0.1, 0.15) is 19.3 Å². The van der Waals surface area contributed by atoms with Crippen molar-refractivity contribution in [2.24, 2.45) is 11.1 Å². The monoisotopic (exact) mass is 297 g/mol. The first-order chi connectivity index (χ1) is 8.69. The lowest BCUT2D eigenvalue weighted by molar-refractivity contribution is -0.137. The van der Waals surface area contributed by atoms with E-state index in [0.717, 1.165) is 4.31 Å². The molecule has 19 heavy (non-hydrogen) atoms. The molecule has 1 aliphatic carbocycles. The van der Waals surface area contributed by atoms with E-state index in [1.807, 2.05) is 0 Å². The van der Waals surface area contributed by atoms with Crippen LogP contribution >= 0.6 is 0 Å². The second-order valence-electron chi connectivity index (χ2n) is 5.06. The summed E-state index contributed by atoms with van der Waals surface area (Å²) in [7, 11) is -3.74. The van der Waals surface area contributed by atoms with Gasteiger partial charge in [-0.1, -0.05) is 0 Å². The lowest BCUT2D eigenvalue weighted by Gasteiger charge is -2.34. The van der Waals surface area contributed by atoms with Crippen molar-refractivity contribution in [2.45, 2.75) is 25.2 Å². The third-order valence-corrected chi connectivity index (χ3v) is 4.75. The molecule has 9 heteroatoms. The van der Waals surface area contributed by atoms with Crippen molar-refractivity contribution < 1.29 is 22.0 Å². The van der Waals surface area contributed by atoms with E-state index in [4.69, 9.17) is 5.14 Å². The van der Waals surface area contributed by atoms with E-state index in [0.29, 0.717) is 0 Å². The number of alkyl halides is 2. The molecule has 6 nitrogen and oxygen atoms in total. The van der Waals surface area contributed by atoms with Gasteiger partial charge in [-0.2, -0.15) is 12.7 Å². The van der Waals surface area contributed by atoms with Crippen LogP contribution in [0.2, 0.25) is 0 Å². The van der Waals surface area contributed by atoms with Gasteiger partial charge in [-0.25, -0.2) is 13.9 Å². The molecule has 1 amide bonds. The number of hydrogen-bond acceptors (Lipinski definition) is 3. The number of piperazine rings is 1. The van der Waals surface area contributed by atoms with Crippen LogP contribution in [0.15, 0.2) is 0 Å². The molecular weight excluding hydrogens is 280 g/mol. The molecular formula is C10H17F2N3O3S. The number of rotatable bonds is 2. The largest absolute Gasteiger partial charge is 0.340 e. The van der Waals surface area contributed by atoms with Crippen molar-refractivity contribution in [2.75, 3.05) is 26.2 Å². The van der Waals surface area contributed by atoms with Gasteiger partial charge in [-0.3, -0.25) is 4.79 Å². The van der Waals surface area contributed by atoms with Gasteiger partial charge in [0.25, 0.3) is 10.2 Å². The van der Waals surface area contributed by atoms with Gasteiger partial charge in [-0.15, -0.1) is 0 Å². The number of carbonyl (C=O) groups is 1. The number of nitrogens with two attached hydrogens (primary N) is 1. The minimum absolute atomic E-state index is 0.119. The fourth-order valence-electron chi connectivity index (χ4n) is 2.58. The molecule has 0 aromatic heterocycles. The van der Waals surface area contributed by atoms with Gasteiger partial charge >= 0.3 is 0 Å². The van der Waals surface area contributed by atoms with Crippen molar-refractivity contribution in [3.8, 4) is 0 Å². The van der Waals surface area contributed by atoms with Crippen molar-refractivity contribution >= 4 is 16.1 Å². The minimum atomic E-state index is -3.74. The highest BCUT2D eigenvalue weighted by Crippen LogP contribution is 2.39. The summed E-state index contributed by atoms with van der Waals surface area (Å²) in [6.45, 7) is 0.649. The molecule has 0 radical (unpaired) electrons. The molecule has 2 aliphatic rings. The normalized spacial score (nSPS) is 28.6. The molecule has 2 rings (SSSR count). The summed E-state index contributed by atoms with van der Waals surface area (Å²) >= 11 is 0. The number of carbonyl (C=O) groups excluding carboxylic acids is 1. The molecule has 1 saturated heterocycles. The fraction of sp³-hybridized carbons (Fsp3) is 0.900. The molecule has 2 fully saturated rings. The Balaban J connectivity index is 1.90. The lowest BCUT2D eigenvalue weighted by Crippen LogP contribution is -2.53.